The van der Waals surface area contributed by atoms with Gasteiger partial charge in [0.05, 0.1) is 11.4 Å². The van der Waals surface area contributed by atoms with Gasteiger partial charge in [-0.1, -0.05) is 184 Å². The van der Waals surface area contributed by atoms with Crippen LogP contribution in [0.5, 0.6) is 0 Å². The van der Waals surface area contributed by atoms with E-state index in [1.807, 2.05) is 17.4 Å². The summed E-state index contributed by atoms with van der Waals surface area (Å²) >= 11 is 1.87. The molecular formula is C59H40N2S. The molecule has 0 atom stereocenters. The molecule has 0 fully saturated rings. The molecule has 0 unspecified atom stereocenters. The number of fused-ring (bicyclic) bond motifs is 7. The van der Waals surface area contributed by atoms with Crippen molar-refractivity contribution in [2.75, 3.05) is 0 Å². The Labute approximate surface area is 365 Å². The minimum Gasteiger partial charge on any atom is -0.228 e. The van der Waals surface area contributed by atoms with Gasteiger partial charge in [0.15, 0.2) is 5.82 Å². The van der Waals surface area contributed by atoms with Crippen LogP contribution in [0.4, 0.5) is 0 Å². The molecule has 0 spiro atoms. The highest BCUT2D eigenvalue weighted by atomic mass is 32.1. The van der Waals surface area contributed by atoms with E-state index in [2.05, 4.69) is 214 Å². The first-order valence-electron chi connectivity index (χ1n) is 21.3. The van der Waals surface area contributed by atoms with E-state index in [1.54, 1.807) is 0 Å². The molecule has 2 heterocycles. The Bertz CT molecular complexity index is 3550. The summed E-state index contributed by atoms with van der Waals surface area (Å²) in [5, 5.41) is 5.02. The first-order chi connectivity index (χ1) is 30.5. The predicted molar refractivity (Wildman–Crippen MR) is 263 cm³/mol. The molecule has 292 valence electrons. The van der Waals surface area contributed by atoms with Gasteiger partial charge in [0.1, 0.15) is 0 Å². The molecule has 0 saturated carbocycles. The zero-order chi connectivity index (χ0) is 41.4. The Morgan fingerprint density at radius 3 is 1.82 bits per heavy atom. The van der Waals surface area contributed by atoms with Crippen LogP contribution in [0.2, 0.25) is 0 Å². The number of hydrogen-bond acceptors (Lipinski definition) is 3. The van der Waals surface area contributed by atoms with Crippen LogP contribution in [0, 0.1) is 0 Å². The number of rotatable bonds is 6. The average molecular weight is 809 g/mol. The number of aromatic nitrogens is 2. The predicted octanol–water partition coefficient (Wildman–Crippen LogP) is 16.3. The molecule has 2 aromatic heterocycles. The largest absolute Gasteiger partial charge is 0.228 e. The van der Waals surface area contributed by atoms with Crippen molar-refractivity contribution in [3.63, 3.8) is 0 Å². The quantitative estimate of drug-likeness (QED) is 0.167. The highest BCUT2D eigenvalue weighted by Gasteiger charge is 2.35. The Balaban J connectivity index is 1.08. The highest BCUT2D eigenvalue weighted by molar-refractivity contribution is 7.26. The monoisotopic (exact) mass is 808 g/mol. The lowest BCUT2D eigenvalue weighted by Crippen LogP contribution is -2.14. The summed E-state index contributed by atoms with van der Waals surface area (Å²) in [5.74, 6) is 0.696. The number of nitrogens with zero attached hydrogens (tertiary/aromatic N) is 2. The second kappa shape index (κ2) is 14.3. The summed E-state index contributed by atoms with van der Waals surface area (Å²) in [6.07, 6.45) is 0. The Morgan fingerprint density at radius 1 is 0.355 bits per heavy atom. The van der Waals surface area contributed by atoms with Crippen molar-refractivity contribution in [2.45, 2.75) is 19.3 Å². The lowest BCUT2D eigenvalue weighted by molar-refractivity contribution is 0.660. The average Bonchev–Trinajstić information content (AvgIpc) is 3.83. The maximum absolute atomic E-state index is 5.41. The van der Waals surface area contributed by atoms with Crippen LogP contribution in [0.3, 0.4) is 0 Å². The minimum atomic E-state index is -0.105. The van der Waals surface area contributed by atoms with Gasteiger partial charge >= 0.3 is 0 Å². The fraction of sp³-hybridized carbons (Fsp3) is 0.0508. The van der Waals surface area contributed by atoms with E-state index >= 15 is 0 Å². The molecule has 9 aromatic carbocycles. The van der Waals surface area contributed by atoms with Gasteiger partial charge in [0.2, 0.25) is 0 Å². The van der Waals surface area contributed by atoms with Crippen molar-refractivity contribution in [3.05, 3.63) is 217 Å². The highest BCUT2D eigenvalue weighted by Crippen LogP contribution is 2.50. The zero-order valence-electron chi connectivity index (χ0n) is 34.4. The molecule has 12 rings (SSSR count). The molecule has 1 aliphatic carbocycles. The molecule has 0 saturated heterocycles. The Morgan fingerprint density at radius 2 is 0.952 bits per heavy atom. The number of thiophene rings is 1. The van der Waals surface area contributed by atoms with Crippen molar-refractivity contribution >= 4 is 42.3 Å². The van der Waals surface area contributed by atoms with Crippen molar-refractivity contribution in [1.29, 1.82) is 0 Å². The fourth-order valence-electron chi connectivity index (χ4n) is 9.82. The summed E-state index contributed by atoms with van der Waals surface area (Å²) in [6.45, 7) is 4.69. The van der Waals surface area contributed by atoms with Crippen LogP contribution in [-0.2, 0) is 5.41 Å². The molecule has 0 N–H and O–H groups in total. The van der Waals surface area contributed by atoms with E-state index in [0.717, 1.165) is 44.8 Å². The summed E-state index contributed by atoms with van der Waals surface area (Å²) in [6, 6.07) is 74.9. The maximum Gasteiger partial charge on any atom is 0.160 e. The van der Waals surface area contributed by atoms with Crippen molar-refractivity contribution < 1.29 is 0 Å². The second-order valence-electron chi connectivity index (χ2n) is 16.9. The van der Waals surface area contributed by atoms with Gasteiger partial charge in [-0.2, -0.15) is 0 Å². The van der Waals surface area contributed by atoms with E-state index in [9.17, 15) is 0 Å². The van der Waals surface area contributed by atoms with E-state index in [0.29, 0.717) is 5.82 Å². The number of hydrogen-bond donors (Lipinski definition) is 0. The minimum absolute atomic E-state index is 0.105. The van der Waals surface area contributed by atoms with Crippen molar-refractivity contribution in [2.24, 2.45) is 0 Å². The lowest BCUT2D eigenvalue weighted by Gasteiger charge is -2.22. The Kier molecular flexibility index (Phi) is 8.41. The van der Waals surface area contributed by atoms with Gasteiger partial charge in [0.25, 0.3) is 0 Å². The third-order valence-corrected chi connectivity index (χ3v) is 14.1. The summed E-state index contributed by atoms with van der Waals surface area (Å²) in [7, 11) is 0. The molecule has 11 aromatic rings. The molecule has 2 nitrogen and oxygen atoms in total. The van der Waals surface area contributed by atoms with Crippen LogP contribution >= 0.6 is 11.3 Å². The van der Waals surface area contributed by atoms with Gasteiger partial charge in [-0.05, 0) is 103 Å². The van der Waals surface area contributed by atoms with E-state index in [1.165, 1.54) is 69.9 Å². The maximum atomic E-state index is 5.41. The molecule has 0 bridgehead atoms. The Hall–Kier alpha value is -7.46. The van der Waals surface area contributed by atoms with Gasteiger partial charge in [-0.3, -0.25) is 0 Å². The zero-order valence-corrected chi connectivity index (χ0v) is 35.2. The van der Waals surface area contributed by atoms with E-state index < -0.39 is 0 Å². The first kappa shape index (κ1) is 36.4. The third kappa shape index (κ3) is 5.92. The van der Waals surface area contributed by atoms with E-state index in [4.69, 9.17) is 9.97 Å². The fourth-order valence-corrected chi connectivity index (χ4v) is 11.1. The topological polar surface area (TPSA) is 25.8 Å². The lowest BCUT2D eigenvalue weighted by atomic mass is 9.81. The van der Waals surface area contributed by atoms with Crippen LogP contribution in [0.1, 0.15) is 25.0 Å². The SMILES string of the molecule is CC1(C)c2ccccc2-c2ccc(-c3ccccc3-c3cc(-c4cc(-c5cccc6ccccc56)cc(-c5cccc6c5sc5ccccc56)c4)nc(-c4ccccc4)n3)cc21. The van der Waals surface area contributed by atoms with Gasteiger partial charge in [-0.25, -0.2) is 9.97 Å². The molecule has 0 radical (unpaired) electrons. The molecule has 1 aliphatic rings. The molecule has 62 heavy (non-hydrogen) atoms. The second-order valence-corrected chi connectivity index (χ2v) is 18.0. The molecule has 0 aliphatic heterocycles. The standard InChI is InChI=1S/C59H40N2S/c1-59(2)52-28-12-10-22-47(52)48-31-30-39(35-53(48)59)44-21-8-9-23-49(44)55-36-54(60-58(61-55)38-17-4-3-5-18-38)42-33-40(45-25-14-19-37-16-6-7-20-43(37)45)32-41(34-42)46-26-15-27-51-50-24-11-13-29-56(50)62-57(46)51/h3-36H,1-2H3. The van der Waals surface area contributed by atoms with Gasteiger partial charge in [-0.15, -0.1) is 11.3 Å². The van der Waals surface area contributed by atoms with Crippen LogP contribution < -0.4 is 0 Å². The summed E-state index contributed by atoms with van der Waals surface area (Å²) < 4.78 is 2.58. The molecular weight excluding hydrogens is 769 g/mol. The normalized spacial score (nSPS) is 12.8. The van der Waals surface area contributed by atoms with Crippen LogP contribution in [0.15, 0.2) is 206 Å². The van der Waals surface area contributed by atoms with Crippen molar-refractivity contribution in [1.82, 2.24) is 9.97 Å². The van der Waals surface area contributed by atoms with Crippen molar-refractivity contribution in [3.8, 4) is 78.4 Å². The molecule has 0 amide bonds. The first-order valence-corrected chi connectivity index (χ1v) is 22.1. The third-order valence-electron chi connectivity index (χ3n) is 12.9. The van der Waals surface area contributed by atoms with Gasteiger partial charge in [0, 0.05) is 42.3 Å². The van der Waals surface area contributed by atoms with Crippen LogP contribution in [0.25, 0.3) is 109 Å². The van der Waals surface area contributed by atoms with Gasteiger partial charge < -0.3 is 0 Å². The summed E-state index contributed by atoms with van der Waals surface area (Å²) in [4.78, 5) is 10.8. The smallest absolute Gasteiger partial charge is 0.160 e. The number of benzene rings is 9. The molecule has 3 heteroatoms. The van der Waals surface area contributed by atoms with E-state index in [-0.39, 0.29) is 5.41 Å². The summed E-state index contributed by atoms with van der Waals surface area (Å²) in [5.41, 5.74) is 17.2. The van der Waals surface area contributed by atoms with Crippen LogP contribution in [-0.4, -0.2) is 9.97 Å².